The number of rotatable bonds is 5. The van der Waals surface area contributed by atoms with Crippen LogP contribution < -0.4 is 5.32 Å². The number of nitrogens with zero attached hydrogens (tertiary/aromatic N) is 1. The Labute approximate surface area is 122 Å². The molecule has 0 saturated carbocycles. The molecule has 1 aromatic rings. The number of nitrogens with one attached hydrogen (secondary N) is 1. The second-order valence-corrected chi connectivity index (χ2v) is 5.69. The Morgan fingerprint density at radius 3 is 2.48 bits per heavy atom. The van der Waals surface area contributed by atoms with Gasteiger partial charge in [0.1, 0.15) is 5.82 Å². The minimum Gasteiger partial charge on any atom is -0.382 e. The molecule has 6 heteroatoms. The maximum atomic E-state index is 13.7. The number of anilines is 1. The minimum absolute atomic E-state index is 0.122. The van der Waals surface area contributed by atoms with Gasteiger partial charge in [0.25, 0.3) is 0 Å². The molecule has 1 saturated heterocycles. The quantitative estimate of drug-likeness (QED) is 0.828. The molecule has 2 nitrogen and oxygen atoms in total. The van der Waals surface area contributed by atoms with Crippen LogP contribution in [0.25, 0.3) is 0 Å². The standard InChI is InChI=1S/C15H20F4N2/c1-11(10-21-6-2-3-7-21)9-20-14-5-4-12(8-13(14)16)15(17,18)19/h4-5,8,11,20H,2-3,6-7,9-10H2,1H3. The molecule has 1 heterocycles. The van der Waals surface area contributed by atoms with Crippen LogP contribution in [-0.2, 0) is 6.18 Å². The van der Waals surface area contributed by atoms with Crippen LogP contribution in [0.3, 0.4) is 0 Å². The fraction of sp³-hybridized carbons (Fsp3) is 0.600. The van der Waals surface area contributed by atoms with E-state index in [-0.39, 0.29) is 5.69 Å². The van der Waals surface area contributed by atoms with Crippen LogP contribution in [-0.4, -0.2) is 31.1 Å². The van der Waals surface area contributed by atoms with Gasteiger partial charge in [-0.25, -0.2) is 4.39 Å². The third-order valence-corrected chi connectivity index (χ3v) is 3.71. The maximum absolute atomic E-state index is 13.7. The molecule has 0 aliphatic carbocycles. The summed E-state index contributed by atoms with van der Waals surface area (Å²) in [6.07, 6.45) is -2.08. The van der Waals surface area contributed by atoms with E-state index in [1.807, 2.05) is 6.92 Å². The van der Waals surface area contributed by atoms with Gasteiger partial charge in [-0.05, 0) is 50.0 Å². The molecule has 1 aliphatic rings. The number of halogens is 4. The molecule has 21 heavy (non-hydrogen) atoms. The van der Waals surface area contributed by atoms with Crippen molar-refractivity contribution in [2.45, 2.75) is 25.9 Å². The van der Waals surface area contributed by atoms with E-state index in [9.17, 15) is 17.6 Å². The fourth-order valence-electron chi connectivity index (χ4n) is 2.59. The van der Waals surface area contributed by atoms with Gasteiger partial charge in [-0.1, -0.05) is 6.92 Å². The monoisotopic (exact) mass is 304 g/mol. The van der Waals surface area contributed by atoms with Crippen LogP contribution in [0.5, 0.6) is 0 Å². The number of benzene rings is 1. The first kappa shape index (κ1) is 16.1. The highest BCUT2D eigenvalue weighted by molar-refractivity contribution is 5.46. The van der Waals surface area contributed by atoms with Gasteiger partial charge in [0, 0.05) is 13.1 Å². The summed E-state index contributed by atoms with van der Waals surface area (Å²) in [5, 5.41) is 2.90. The molecule has 2 rings (SSSR count). The number of likely N-dealkylation sites (tertiary alicyclic amines) is 1. The molecule has 1 aliphatic heterocycles. The summed E-state index contributed by atoms with van der Waals surface area (Å²) in [4.78, 5) is 2.36. The van der Waals surface area contributed by atoms with Crippen LogP contribution in [0, 0.1) is 11.7 Å². The highest BCUT2D eigenvalue weighted by Gasteiger charge is 2.31. The Kier molecular flexibility index (Phi) is 5.08. The first-order valence-corrected chi connectivity index (χ1v) is 7.19. The number of hydrogen-bond donors (Lipinski definition) is 1. The molecule has 1 unspecified atom stereocenters. The Morgan fingerprint density at radius 2 is 1.90 bits per heavy atom. The predicted molar refractivity (Wildman–Crippen MR) is 74.7 cm³/mol. The van der Waals surface area contributed by atoms with E-state index in [0.717, 1.165) is 31.8 Å². The lowest BCUT2D eigenvalue weighted by Crippen LogP contribution is -2.29. The molecule has 1 fully saturated rings. The van der Waals surface area contributed by atoms with Gasteiger partial charge < -0.3 is 10.2 Å². The lowest BCUT2D eigenvalue weighted by molar-refractivity contribution is -0.137. The smallest absolute Gasteiger partial charge is 0.382 e. The first-order chi connectivity index (χ1) is 9.86. The van der Waals surface area contributed by atoms with Crippen LogP contribution in [0.4, 0.5) is 23.2 Å². The Hall–Kier alpha value is -1.30. The summed E-state index contributed by atoms with van der Waals surface area (Å²) in [7, 11) is 0. The van der Waals surface area contributed by atoms with Crippen molar-refractivity contribution in [1.82, 2.24) is 4.90 Å². The van der Waals surface area contributed by atoms with Crippen molar-refractivity contribution in [3.8, 4) is 0 Å². The van der Waals surface area contributed by atoms with Crippen LogP contribution >= 0.6 is 0 Å². The van der Waals surface area contributed by atoms with Crippen molar-refractivity contribution >= 4 is 5.69 Å². The molecule has 118 valence electrons. The van der Waals surface area contributed by atoms with Crippen molar-refractivity contribution in [2.24, 2.45) is 5.92 Å². The molecule has 1 aromatic carbocycles. The zero-order valence-electron chi connectivity index (χ0n) is 12.0. The van der Waals surface area contributed by atoms with Gasteiger partial charge in [-0.3, -0.25) is 0 Å². The van der Waals surface area contributed by atoms with Crippen molar-refractivity contribution in [2.75, 3.05) is 31.5 Å². The average Bonchev–Trinajstić information content (AvgIpc) is 2.89. The van der Waals surface area contributed by atoms with Crippen molar-refractivity contribution in [1.29, 1.82) is 0 Å². The summed E-state index contributed by atoms with van der Waals surface area (Å²) in [6.45, 7) is 5.71. The van der Waals surface area contributed by atoms with Gasteiger partial charge in [-0.2, -0.15) is 13.2 Å². The second-order valence-electron chi connectivity index (χ2n) is 5.69. The van der Waals surface area contributed by atoms with Crippen molar-refractivity contribution < 1.29 is 17.6 Å². The molecule has 1 N–H and O–H groups in total. The van der Waals surface area contributed by atoms with Crippen molar-refractivity contribution in [3.63, 3.8) is 0 Å². The summed E-state index contributed by atoms with van der Waals surface area (Å²) in [5.41, 5.74) is -0.841. The van der Waals surface area contributed by atoms with E-state index in [2.05, 4.69) is 10.2 Å². The van der Waals surface area contributed by atoms with E-state index >= 15 is 0 Å². The summed E-state index contributed by atoms with van der Waals surface area (Å²) < 4.78 is 51.0. The van der Waals surface area contributed by atoms with Gasteiger partial charge in [0.15, 0.2) is 0 Å². The topological polar surface area (TPSA) is 15.3 Å². The summed E-state index contributed by atoms with van der Waals surface area (Å²) in [5.74, 6) is -0.553. The third-order valence-electron chi connectivity index (χ3n) is 3.71. The van der Waals surface area contributed by atoms with E-state index < -0.39 is 17.6 Å². The molecule has 0 bridgehead atoms. The van der Waals surface area contributed by atoms with E-state index in [0.29, 0.717) is 18.5 Å². The van der Waals surface area contributed by atoms with Crippen LogP contribution in [0.15, 0.2) is 18.2 Å². The van der Waals surface area contributed by atoms with Gasteiger partial charge in [-0.15, -0.1) is 0 Å². The van der Waals surface area contributed by atoms with Gasteiger partial charge >= 0.3 is 6.18 Å². The molecular weight excluding hydrogens is 284 g/mol. The van der Waals surface area contributed by atoms with Crippen LogP contribution in [0.1, 0.15) is 25.3 Å². The Bertz CT molecular complexity index is 467. The molecule has 0 spiro atoms. The Morgan fingerprint density at radius 1 is 1.24 bits per heavy atom. The van der Waals surface area contributed by atoms with E-state index in [1.165, 1.54) is 12.8 Å². The summed E-state index contributed by atoms with van der Waals surface area (Å²) >= 11 is 0. The van der Waals surface area contributed by atoms with Gasteiger partial charge in [0.2, 0.25) is 0 Å². The molecule has 0 aromatic heterocycles. The number of hydrogen-bond acceptors (Lipinski definition) is 2. The molecular formula is C15H20F4N2. The third kappa shape index (κ3) is 4.59. The lowest BCUT2D eigenvalue weighted by Gasteiger charge is -2.21. The first-order valence-electron chi connectivity index (χ1n) is 7.19. The van der Waals surface area contributed by atoms with Gasteiger partial charge in [0.05, 0.1) is 11.3 Å². The van der Waals surface area contributed by atoms with E-state index in [4.69, 9.17) is 0 Å². The zero-order valence-corrected chi connectivity index (χ0v) is 12.0. The number of alkyl halides is 3. The Balaban J connectivity index is 1.87. The zero-order chi connectivity index (χ0) is 15.5. The fourth-order valence-corrected chi connectivity index (χ4v) is 2.59. The SMILES string of the molecule is CC(CNc1ccc(C(F)(F)F)cc1F)CN1CCCC1. The van der Waals surface area contributed by atoms with Crippen LogP contribution in [0.2, 0.25) is 0 Å². The maximum Gasteiger partial charge on any atom is 0.416 e. The second kappa shape index (κ2) is 6.64. The predicted octanol–water partition coefficient (Wildman–Crippen LogP) is 3.99. The molecule has 0 amide bonds. The molecule has 1 atom stereocenters. The van der Waals surface area contributed by atoms with Crippen molar-refractivity contribution in [3.05, 3.63) is 29.6 Å². The largest absolute Gasteiger partial charge is 0.416 e. The normalized spacial score (nSPS) is 18.0. The average molecular weight is 304 g/mol. The molecule has 0 radical (unpaired) electrons. The van der Waals surface area contributed by atoms with E-state index in [1.54, 1.807) is 0 Å². The highest BCUT2D eigenvalue weighted by atomic mass is 19.4. The summed E-state index contributed by atoms with van der Waals surface area (Å²) in [6, 6.07) is 2.59. The lowest BCUT2D eigenvalue weighted by atomic mass is 10.1. The highest BCUT2D eigenvalue weighted by Crippen LogP contribution is 2.31. The minimum atomic E-state index is -4.51.